The lowest BCUT2D eigenvalue weighted by atomic mass is 10.2. The Morgan fingerprint density at radius 3 is 3.22 bits per heavy atom. The van der Waals surface area contributed by atoms with Gasteiger partial charge in [-0.3, -0.25) is 0 Å². The standard InChI is InChI=1S/C7H7NO/c8-4-3-7-2-1-5-9-6-7/h1-2,6H,3,5H2. The Morgan fingerprint density at radius 2 is 2.67 bits per heavy atom. The summed E-state index contributed by atoms with van der Waals surface area (Å²) in [6, 6.07) is 2.04. The van der Waals surface area contributed by atoms with Crippen molar-refractivity contribution in [2.45, 2.75) is 6.42 Å². The number of nitriles is 1. The summed E-state index contributed by atoms with van der Waals surface area (Å²) in [6.07, 6.45) is 5.87. The molecule has 2 nitrogen and oxygen atoms in total. The molecule has 0 amide bonds. The van der Waals surface area contributed by atoms with Crippen LogP contribution in [0, 0.1) is 11.3 Å². The minimum Gasteiger partial charge on any atom is -0.497 e. The van der Waals surface area contributed by atoms with Crippen molar-refractivity contribution in [1.82, 2.24) is 0 Å². The smallest absolute Gasteiger partial charge is 0.106 e. The maximum Gasteiger partial charge on any atom is 0.106 e. The van der Waals surface area contributed by atoms with Crippen LogP contribution in [-0.4, -0.2) is 6.61 Å². The first-order chi connectivity index (χ1) is 4.43. The topological polar surface area (TPSA) is 33.0 Å². The van der Waals surface area contributed by atoms with Crippen molar-refractivity contribution in [1.29, 1.82) is 5.26 Å². The summed E-state index contributed by atoms with van der Waals surface area (Å²) in [4.78, 5) is 0. The molecule has 0 radical (unpaired) electrons. The van der Waals surface area contributed by atoms with E-state index in [0.29, 0.717) is 13.0 Å². The van der Waals surface area contributed by atoms with Gasteiger partial charge in [-0.15, -0.1) is 0 Å². The molecule has 0 spiro atoms. The van der Waals surface area contributed by atoms with Crippen LogP contribution in [0.1, 0.15) is 6.42 Å². The SMILES string of the molecule is N#CCC1=COCC=C1. The zero-order valence-electron chi connectivity index (χ0n) is 5.00. The lowest BCUT2D eigenvalue weighted by Gasteiger charge is -2.02. The molecule has 0 saturated carbocycles. The maximum atomic E-state index is 8.24. The van der Waals surface area contributed by atoms with Gasteiger partial charge in [0.05, 0.1) is 18.8 Å². The van der Waals surface area contributed by atoms with Crippen LogP contribution >= 0.6 is 0 Å². The van der Waals surface area contributed by atoms with E-state index in [4.69, 9.17) is 10.00 Å². The third kappa shape index (κ3) is 1.61. The maximum absolute atomic E-state index is 8.24. The quantitative estimate of drug-likeness (QED) is 0.525. The molecule has 0 aromatic heterocycles. The van der Waals surface area contributed by atoms with E-state index in [1.165, 1.54) is 0 Å². The van der Waals surface area contributed by atoms with Gasteiger partial charge < -0.3 is 4.74 Å². The Morgan fingerprint density at radius 1 is 1.78 bits per heavy atom. The molecule has 0 saturated heterocycles. The van der Waals surface area contributed by atoms with E-state index in [1.54, 1.807) is 6.26 Å². The summed E-state index contributed by atoms with van der Waals surface area (Å²) in [6.45, 7) is 0.634. The first-order valence-corrected chi connectivity index (χ1v) is 2.77. The van der Waals surface area contributed by atoms with Crippen LogP contribution in [-0.2, 0) is 4.74 Å². The molecule has 0 aromatic rings. The molecule has 1 rings (SSSR count). The second-order valence-electron chi connectivity index (χ2n) is 1.76. The lowest BCUT2D eigenvalue weighted by Crippen LogP contribution is -1.90. The van der Waals surface area contributed by atoms with Crippen molar-refractivity contribution in [2.24, 2.45) is 0 Å². The lowest BCUT2D eigenvalue weighted by molar-refractivity contribution is 0.282. The molecule has 1 aliphatic rings. The van der Waals surface area contributed by atoms with E-state index in [-0.39, 0.29) is 0 Å². The number of ether oxygens (including phenoxy) is 1. The first kappa shape index (κ1) is 5.90. The Hall–Kier alpha value is -1.23. The molecule has 0 N–H and O–H groups in total. The fraction of sp³-hybridized carbons (Fsp3) is 0.286. The van der Waals surface area contributed by atoms with Crippen molar-refractivity contribution >= 4 is 0 Å². The summed E-state index contributed by atoms with van der Waals surface area (Å²) in [5, 5.41) is 8.24. The zero-order valence-corrected chi connectivity index (χ0v) is 5.00. The molecule has 0 aromatic carbocycles. The fourth-order valence-electron chi connectivity index (χ4n) is 0.641. The van der Waals surface area contributed by atoms with Gasteiger partial charge >= 0.3 is 0 Å². The number of nitrogens with zero attached hydrogens (tertiary/aromatic N) is 1. The van der Waals surface area contributed by atoms with Crippen molar-refractivity contribution in [3.63, 3.8) is 0 Å². The van der Waals surface area contributed by atoms with Gasteiger partial charge in [0, 0.05) is 5.57 Å². The second kappa shape index (κ2) is 2.93. The summed E-state index contributed by atoms with van der Waals surface area (Å²) < 4.78 is 4.93. The highest BCUT2D eigenvalue weighted by Gasteiger charge is 1.94. The third-order valence-electron chi connectivity index (χ3n) is 1.04. The molecule has 9 heavy (non-hydrogen) atoms. The van der Waals surface area contributed by atoms with Crippen LogP contribution in [0.5, 0.6) is 0 Å². The van der Waals surface area contributed by atoms with E-state index >= 15 is 0 Å². The molecule has 0 bridgehead atoms. The Kier molecular flexibility index (Phi) is 1.92. The average molecular weight is 121 g/mol. The predicted molar refractivity (Wildman–Crippen MR) is 33.4 cm³/mol. The largest absolute Gasteiger partial charge is 0.497 e. The van der Waals surface area contributed by atoms with Crippen molar-refractivity contribution in [2.75, 3.05) is 6.61 Å². The van der Waals surface area contributed by atoms with E-state index < -0.39 is 0 Å². The van der Waals surface area contributed by atoms with Crippen molar-refractivity contribution in [3.8, 4) is 6.07 Å². The summed E-state index contributed by atoms with van der Waals surface area (Å²) >= 11 is 0. The molecule has 1 aliphatic heterocycles. The fourth-order valence-corrected chi connectivity index (χ4v) is 0.641. The van der Waals surface area contributed by atoms with Crippen molar-refractivity contribution < 1.29 is 4.74 Å². The van der Waals surface area contributed by atoms with Crippen molar-refractivity contribution in [3.05, 3.63) is 24.0 Å². The molecular weight excluding hydrogens is 114 g/mol. The summed E-state index contributed by atoms with van der Waals surface area (Å²) in [5.41, 5.74) is 0.948. The first-order valence-electron chi connectivity index (χ1n) is 2.77. The van der Waals surface area contributed by atoms with Gasteiger partial charge in [0.25, 0.3) is 0 Å². The van der Waals surface area contributed by atoms with Crippen LogP contribution in [0.2, 0.25) is 0 Å². The minimum atomic E-state index is 0.441. The van der Waals surface area contributed by atoms with E-state index in [0.717, 1.165) is 5.57 Å². The zero-order chi connectivity index (χ0) is 6.53. The van der Waals surface area contributed by atoms with E-state index in [2.05, 4.69) is 0 Å². The van der Waals surface area contributed by atoms with Crippen LogP contribution in [0.25, 0.3) is 0 Å². The van der Waals surface area contributed by atoms with E-state index in [9.17, 15) is 0 Å². The summed E-state index contributed by atoms with van der Waals surface area (Å²) in [5.74, 6) is 0. The predicted octanol–water partition coefficient (Wildman–Crippen LogP) is 1.37. The molecule has 0 aliphatic carbocycles. The van der Waals surface area contributed by atoms with Gasteiger partial charge in [-0.05, 0) is 6.08 Å². The second-order valence-corrected chi connectivity index (χ2v) is 1.76. The van der Waals surface area contributed by atoms with Crippen LogP contribution < -0.4 is 0 Å². The number of rotatable bonds is 1. The Bertz CT molecular complexity index is 186. The van der Waals surface area contributed by atoms with Gasteiger partial charge in [-0.2, -0.15) is 5.26 Å². The van der Waals surface area contributed by atoms with Gasteiger partial charge in [0.2, 0.25) is 0 Å². The van der Waals surface area contributed by atoms with Gasteiger partial charge in [-0.1, -0.05) is 6.08 Å². The molecule has 0 atom stereocenters. The molecule has 46 valence electrons. The highest BCUT2D eigenvalue weighted by molar-refractivity contribution is 5.22. The highest BCUT2D eigenvalue weighted by atomic mass is 16.5. The van der Waals surface area contributed by atoms with Gasteiger partial charge in [0.1, 0.15) is 6.61 Å². The number of hydrogen-bond acceptors (Lipinski definition) is 2. The summed E-state index contributed by atoms with van der Waals surface area (Å²) in [7, 11) is 0. The van der Waals surface area contributed by atoms with Crippen LogP contribution in [0.4, 0.5) is 0 Å². The molecule has 0 unspecified atom stereocenters. The monoisotopic (exact) mass is 121 g/mol. The Labute approximate surface area is 54.0 Å². The molecule has 0 fully saturated rings. The average Bonchev–Trinajstić information content (AvgIpc) is 1.91. The normalized spacial score (nSPS) is 15.7. The van der Waals surface area contributed by atoms with Gasteiger partial charge in [0.15, 0.2) is 0 Å². The Balaban J connectivity index is 2.50. The van der Waals surface area contributed by atoms with E-state index in [1.807, 2.05) is 18.2 Å². The third-order valence-corrected chi connectivity index (χ3v) is 1.04. The number of allylic oxidation sites excluding steroid dienone is 2. The van der Waals surface area contributed by atoms with Crippen LogP contribution in [0.15, 0.2) is 24.0 Å². The number of hydrogen-bond donors (Lipinski definition) is 0. The molecular formula is C7H7NO. The molecule has 2 heteroatoms. The van der Waals surface area contributed by atoms with Gasteiger partial charge in [-0.25, -0.2) is 0 Å². The minimum absolute atomic E-state index is 0.441. The highest BCUT2D eigenvalue weighted by Crippen LogP contribution is 2.06. The molecule has 1 heterocycles. The van der Waals surface area contributed by atoms with Crippen LogP contribution in [0.3, 0.4) is 0 Å².